The van der Waals surface area contributed by atoms with Crippen LogP contribution in [0.1, 0.15) is 50.7 Å². The predicted molar refractivity (Wildman–Crippen MR) is 61.6 cm³/mol. The van der Waals surface area contributed by atoms with Crippen LogP contribution in [-0.4, -0.2) is 0 Å². The number of rotatable bonds is 0. The van der Waals surface area contributed by atoms with E-state index in [0.717, 1.165) is 0 Å². The Bertz CT molecular complexity index is 308. The van der Waals surface area contributed by atoms with Crippen LogP contribution < -0.4 is 0 Å². The van der Waals surface area contributed by atoms with Gasteiger partial charge in [0.15, 0.2) is 0 Å². The van der Waals surface area contributed by atoms with E-state index >= 15 is 0 Å². The molecule has 3 rings (SSSR count). The quantitative estimate of drug-likeness (QED) is 0.575. The Labute approximate surface area is 87.3 Å². The standard InChI is InChI=1S/C12H14.C2H6/c1-2-6-11-10(4-1)5-3-7-12(11)8-9-12;1-2/h1-2,4,6H,3,5,7-9H2;1-2H3. The van der Waals surface area contributed by atoms with Crippen LogP contribution in [0.15, 0.2) is 24.3 Å². The van der Waals surface area contributed by atoms with Crippen molar-refractivity contribution in [3.05, 3.63) is 35.4 Å². The summed E-state index contributed by atoms with van der Waals surface area (Å²) >= 11 is 0. The fraction of sp³-hybridized carbons (Fsp3) is 0.571. The molecule has 1 aromatic carbocycles. The molecule has 1 spiro atoms. The van der Waals surface area contributed by atoms with E-state index < -0.39 is 0 Å². The molecule has 0 N–H and O–H groups in total. The minimum atomic E-state index is 0.662. The first-order chi connectivity index (χ1) is 6.91. The van der Waals surface area contributed by atoms with Crippen LogP contribution in [0.2, 0.25) is 0 Å². The topological polar surface area (TPSA) is 0 Å². The summed E-state index contributed by atoms with van der Waals surface area (Å²) < 4.78 is 0. The summed E-state index contributed by atoms with van der Waals surface area (Å²) in [4.78, 5) is 0. The number of aryl methyl sites for hydroxylation is 1. The fourth-order valence-electron chi connectivity index (χ4n) is 2.68. The largest absolute Gasteiger partial charge is 0.0683 e. The molecule has 14 heavy (non-hydrogen) atoms. The van der Waals surface area contributed by atoms with E-state index in [0.29, 0.717) is 5.41 Å². The monoisotopic (exact) mass is 188 g/mol. The molecular weight excluding hydrogens is 168 g/mol. The average molecular weight is 188 g/mol. The van der Waals surface area contributed by atoms with E-state index in [1.165, 1.54) is 32.1 Å². The normalized spacial score (nSPS) is 20.7. The Kier molecular flexibility index (Phi) is 2.62. The van der Waals surface area contributed by atoms with E-state index in [2.05, 4.69) is 24.3 Å². The van der Waals surface area contributed by atoms with Crippen molar-refractivity contribution in [2.24, 2.45) is 0 Å². The second-order valence-electron chi connectivity index (χ2n) is 4.29. The Morgan fingerprint density at radius 1 is 1.00 bits per heavy atom. The van der Waals surface area contributed by atoms with Crippen LogP contribution >= 0.6 is 0 Å². The molecule has 0 atom stereocenters. The minimum Gasteiger partial charge on any atom is -0.0683 e. The summed E-state index contributed by atoms with van der Waals surface area (Å²) in [5.74, 6) is 0. The van der Waals surface area contributed by atoms with Gasteiger partial charge in [-0.05, 0) is 48.6 Å². The van der Waals surface area contributed by atoms with Crippen molar-refractivity contribution in [1.82, 2.24) is 0 Å². The van der Waals surface area contributed by atoms with E-state index in [1.807, 2.05) is 13.8 Å². The van der Waals surface area contributed by atoms with Gasteiger partial charge in [-0.1, -0.05) is 38.1 Å². The van der Waals surface area contributed by atoms with Crippen LogP contribution in [0.3, 0.4) is 0 Å². The molecule has 2 aliphatic rings. The molecule has 0 radical (unpaired) electrons. The Balaban J connectivity index is 0.000000354. The highest BCUT2D eigenvalue weighted by atomic mass is 14.5. The third kappa shape index (κ3) is 1.47. The number of benzene rings is 1. The average Bonchev–Trinajstić information content (AvgIpc) is 3.03. The van der Waals surface area contributed by atoms with Gasteiger partial charge in [0.25, 0.3) is 0 Å². The van der Waals surface area contributed by atoms with Crippen LogP contribution in [-0.2, 0) is 11.8 Å². The lowest BCUT2D eigenvalue weighted by atomic mass is 9.80. The maximum atomic E-state index is 2.35. The van der Waals surface area contributed by atoms with Gasteiger partial charge >= 0.3 is 0 Å². The van der Waals surface area contributed by atoms with Gasteiger partial charge in [0, 0.05) is 0 Å². The molecule has 0 aromatic heterocycles. The molecule has 1 fully saturated rings. The molecule has 1 aromatic rings. The molecule has 76 valence electrons. The van der Waals surface area contributed by atoms with Gasteiger partial charge in [-0.2, -0.15) is 0 Å². The zero-order valence-corrected chi connectivity index (χ0v) is 9.34. The van der Waals surface area contributed by atoms with Crippen molar-refractivity contribution in [3.63, 3.8) is 0 Å². The Morgan fingerprint density at radius 2 is 1.71 bits per heavy atom. The molecular formula is C14H20. The van der Waals surface area contributed by atoms with Gasteiger partial charge < -0.3 is 0 Å². The maximum absolute atomic E-state index is 2.35. The first kappa shape index (κ1) is 9.76. The summed E-state index contributed by atoms with van der Waals surface area (Å²) in [6.45, 7) is 4.00. The van der Waals surface area contributed by atoms with E-state index in [-0.39, 0.29) is 0 Å². The lowest BCUT2D eigenvalue weighted by molar-refractivity contribution is 0.542. The lowest BCUT2D eigenvalue weighted by Gasteiger charge is -2.24. The predicted octanol–water partition coefficient (Wildman–Crippen LogP) is 4.08. The zero-order chi connectivity index (χ0) is 10.0. The van der Waals surface area contributed by atoms with Gasteiger partial charge in [-0.3, -0.25) is 0 Å². The highest BCUT2D eigenvalue weighted by molar-refractivity contribution is 5.40. The first-order valence-corrected chi connectivity index (χ1v) is 5.99. The van der Waals surface area contributed by atoms with Crippen molar-refractivity contribution in [2.45, 2.75) is 51.4 Å². The summed E-state index contributed by atoms with van der Waals surface area (Å²) in [6.07, 6.45) is 7.08. The van der Waals surface area contributed by atoms with Gasteiger partial charge in [-0.15, -0.1) is 0 Å². The minimum absolute atomic E-state index is 0.662. The fourth-order valence-corrected chi connectivity index (χ4v) is 2.68. The van der Waals surface area contributed by atoms with Gasteiger partial charge in [0.1, 0.15) is 0 Å². The van der Waals surface area contributed by atoms with Crippen molar-refractivity contribution in [2.75, 3.05) is 0 Å². The maximum Gasteiger partial charge on any atom is -0.00435 e. The molecule has 0 aliphatic heterocycles. The molecule has 0 unspecified atom stereocenters. The van der Waals surface area contributed by atoms with Gasteiger partial charge in [0.2, 0.25) is 0 Å². The van der Waals surface area contributed by atoms with Crippen LogP contribution in [0.5, 0.6) is 0 Å². The van der Waals surface area contributed by atoms with Crippen molar-refractivity contribution in [1.29, 1.82) is 0 Å². The second kappa shape index (κ2) is 3.76. The van der Waals surface area contributed by atoms with Crippen LogP contribution in [0, 0.1) is 0 Å². The molecule has 2 aliphatic carbocycles. The molecule has 0 heteroatoms. The lowest BCUT2D eigenvalue weighted by Crippen LogP contribution is -2.15. The number of hydrogen-bond donors (Lipinski definition) is 0. The third-order valence-electron chi connectivity index (χ3n) is 3.54. The van der Waals surface area contributed by atoms with E-state index in [4.69, 9.17) is 0 Å². The molecule has 0 bridgehead atoms. The summed E-state index contributed by atoms with van der Waals surface area (Å²) in [5, 5.41) is 0. The second-order valence-corrected chi connectivity index (χ2v) is 4.29. The first-order valence-electron chi connectivity index (χ1n) is 5.99. The third-order valence-corrected chi connectivity index (χ3v) is 3.54. The zero-order valence-electron chi connectivity index (χ0n) is 9.34. The summed E-state index contributed by atoms with van der Waals surface area (Å²) in [5.41, 5.74) is 3.96. The molecule has 0 nitrogen and oxygen atoms in total. The summed E-state index contributed by atoms with van der Waals surface area (Å²) in [6, 6.07) is 9.04. The highest BCUT2D eigenvalue weighted by Gasteiger charge is 2.46. The Hall–Kier alpha value is -0.780. The molecule has 0 heterocycles. The van der Waals surface area contributed by atoms with Gasteiger partial charge in [0.05, 0.1) is 0 Å². The van der Waals surface area contributed by atoms with Crippen LogP contribution in [0.4, 0.5) is 0 Å². The van der Waals surface area contributed by atoms with Crippen LogP contribution in [0.25, 0.3) is 0 Å². The molecule has 0 amide bonds. The van der Waals surface area contributed by atoms with Crippen molar-refractivity contribution < 1.29 is 0 Å². The highest BCUT2D eigenvalue weighted by Crippen LogP contribution is 2.55. The summed E-state index contributed by atoms with van der Waals surface area (Å²) in [7, 11) is 0. The van der Waals surface area contributed by atoms with Crippen molar-refractivity contribution in [3.8, 4) is 0 Å². The van der Waals surface area contributed by atoms with E-state index in [1.54, 1.807) is 11.1 Å². The number of fused-ring (bicyclic) bond motifs is 2. The van der Waals surface area contributed by atoms with Crippen molar-refractivity contribution >= 4 is 0 Å². The molecule has 0 saturated heterocycles. The van der Waals surface area contributed by atoms with E-state index in [9.17, 15) is 0 Å². The SMILES string of the molecule is CC.c1ccc2c(c1)CCCC21CC1. The Morgan fingerprint density at radius 3 is 2.43 bits per heavy atom. The molecule has 1 saturated carbocycles. The van der Waals surface area contributed by atoms with Gasteiger partial charge in [-0.25, -0.2) is 0 Å². The smallest absolute Gasteiger partial charge is 0.00435 e. The number of hydrogen-bond acceptors (Lipinski definition) is 0.